The van der Waals surface area contributed by atoms with Gasteiger partial charge in [0.15, 0.2) is 0 Å². The normalized spacial score (nSPS) is 12.0. The number of ether oxygens (including phenoxy) is 1. The summed E-state index contributed by atoms with van der Waals surface area (Å²) in [5.74, 6) is -0.0317. The standard InChI is InChI=1S/C20H18BrClN2O4/c1-12(13-5-3-2-4-6-13)24(20(23)26)14-7-8-15-16(11-14)18(25)28-19(17(15)22)27-10-9-21/h2-8,11-12H,9-10H2,1H3,(H2,23,26)/t12-/m1/s1. The van der Waals surface area contributed by atoms with E-state index in [1.165, 1.54) is 4.90 Å². The molecule has 146 valence electrons. The number of anilines is 1. The van der Waals surface area contributed by atoms with E-state index < -0.39 is 11.7 Å². The first kappa shape index (κ1) is 20.2. The number of benzene rings is 2. The third kappa shape index (κ3) is 4.00. The first-order valence-corrected chi connectivity index (χ1v) is 10.0. The van der Waals surface area contributed by atoms with Gasteiger partial charge in [0.05, 0.1) is 11.4 Å². The van der Waals surface area contributed by atoms with Gasteiger partial charge in [-0.25, -0.2) is 9.59 Å². The lowest BCUT2D eigenvalue weighted by Gasteiger charge is -2.28. The second-order valence-corrected chi connectivity index (χ2v) is 7.22. The number of carbonyl (C=O) groups is 1. The quantitative estimate of drug-likeness (QED) is 0.526. The van der Waals surface area contributed by atoms with E-state index >= 15 is 0 Å². The summed E-state index contributed by atoms with van der Waals surface area (Å²) in [7, 11) is 0. The van der Waals surface area contributed by atoms with Crippen molar-refractivity contribution in [3.8, 4) is 5.95 Å². The van der Waals surface area contributed by atoms with Crippen molar-refractivity contribution in [3.05, 3.63) is 69.5 Å². The van der Waals surface area contributed by atoms with Crippen LogP contribution in [0.3, 0.4) is 0 Å². The summed E-state index contributed by atoms with van der Waals surface area (Å²) in [6.45, 7) is 2.16. The third-order valence-corrected chi connectivity index (χ3v) is 5.00. The predicted molar refractivity (Wildman–Crippen MR) is 114 cm³/mol. The summed E-state index contributed by atoms with van der Waals surface area (Å²) in [5, 5.41) is 1.47. The summed E-state index contributed by atoms with van der Waals surface area (Å²) in [4.78, 5) is 26.0. The molecule has 3 rings (SSSR count). The maximum absolute atomic E-state index is 12.4. The zero-order chi connectivity index (χ0) is 20.3. The number of hydrogen-bond acceptors (Lipinski definition) is 4. The largest absolute Gasteiger partial charge is 0.463 e. The molecule has 0 spiro atoms. The summed E-state index contributed by atoms with van der Waals surface area (Å²) in [5.41, 5.74) is 6.40. The number of carbonyl (C=O) groups excluding carboxylic acids is 1. The highest BCUT2D eigenvalue weighted by Crippen LogP contribution is 2.34. The van der Waals surface area contributed by atoms with Crippen molar-refractivity contribution in [2.24, 2.45) is 5.73 Å². The molecule has 0 unspecified atom stereocenters. The molecule has 0 bridgehead atoms. The van der Waals surface area contributed by atoms with E-state index in [2.05, 4.69) is 15.9 Å². The zero-order valence-electron chi connectivity index (χ0n) is 15.0. The van der Waals surface area contributed by atoms with Gasteiger partial charge in [-0.15, -0.1) is 0 Å². The maximum atomic E-state index is 12.4. The van der Waals surface area contributed by atoms with Crippen LogP contribution in [0.2, 0.25) is 5.02 Å². The van der Waals surface area contributed by atoms with Gasteiger partial charge in [-0.2, -0.15) is 0 Å². The number of alkyl halides is 1. The van der Waals surface area contributed by atoms with Crippen molar-refractivity contribution in [2.75, 3.05) is 16.8 Å². The Morgan fingerprint density at radius 3 is 2.61 bits per heavy atom. The van der Waals surface area contributed by atoms with Crippen LogP contribution < -0.4 is 21.0 Å². The Bertz CT molecular complexity index is 1060. The number of halogens is 2. The topological polar surface area (TPSA) is 85.8 Å². The third-order valence-electron chi connectivity index (χ3n) is 4.32. The Labute approximate surface area is 175 Å². The molecule has 2 aromatic carbocycles. The number of primary amides is 1. The fraction of sp³-hybridized carbons (Fsp3) is 0.200. The lowest BCUT2D eigenvalue weighted by molar-refractivity contribution is 0.249. The fourth-order valence-corrected chi connectivity index (χ4v) is 3.40. The van der Waals surface area contributed by atoms with Crippen LogP contribution >= 0.6 is 27.5 Å². The molecule has 0 saturated carbocycles. The van der Waals surface area contributed by atoms with Crippen molar-refractivity contribution in [2.45, 2.75) is 13.0 Å². The summed E-state index contributed by atoms with van der Waals surface area (Å²) >= 11 is 9.56. The SMILES string of the molecule is C[C@H](c1ccccc1)N(C(N)=O)c1ccc2c(Cl)c(OCCBr)oc(=O)c2c1. The number of urea groups is 1. The van der Waals surface area contributed by atoms with E-state index in [0.717, 1.165) is 5.56 Å². The van der Waals surface area contributed by atoms with Crippen LogP contribution in [0.4, 0.5) is 10.5 Å². The molecule has 1 aromatic heterocycles. The van der Waals surface area contributed by atoms with Crippen LogP contribution in [0.5, 0.6) is 5.95 Å². The average Bonchev–Trinajstić information content (AvgIpc) is 2.70. The van der Waals surface area contributed by atoms with E-state index in [1.54, 1.807) is 18.2 Å². The van der Waals surface area contributed by atoms with Gasteiger partial charge in [0.2, 0.25) is 0 Å². The van der Waals surface area contributed by atoms with Gasteiger partial charge in [-0.05, 0) is 24.6 Å². The number of rotatable bonds is 6. The van der Waals surface area contributed by atoms with E-state index in [9.17, 15) is 9.59 Å². The average molecular weight is 466 g/mol. The summed E-state index contributed by atoms with van der Waals surface area (Å²) < 4.78 is 10.6. The summed E-state index contributed by atoms with van der Waals surface area (Å²) in [6.07, 6.45) is 0. The highest BCUT2D eigenvalue weighted by atomic mass is 79.9. The zero-order valence-corrected chi connectivity index (χ0v) is 17.4. The van der Waals surface area contributed by atoms with Crippen LogP contribution in [0.15, 0.2) is 57.7 Å². The van der Waals surface area contributed by atoms with Crippen LogP contribution in [0.1, 0.15) is 18.5 Å². The van der Waals surface area contributed by atoms with E-state index in [1.807, 2.05) is 37.3 Å². The van der Waals surface area contributed by atoms with Crippen molar-refractivity contribution >= 4 is 50.0 Å². The first-order valence-electron chi connectivity index (χ1n) is 8.52. The minimum absolute atomic E-state index is 0.0317. The molecule has 8 heteroatoms. The molecular formula is C20H18BrClN2O4. The number of nitrogens with two attached hydrogens (primary N) is 1. The van der Waals surface area contributed by atoms with Gasteiger partial charge >= 0.3 is 17.6 Å². The van der Waals surface area contributed by atoms with Gasteiger partial charge < -0.3 is 14.9 Å². The molecule has 0 fully saturated rings. The van der Waals surface area contributed by atoms with E-state index in [0.29, 0.717) is 23.0 Å². The Morgan fingerprint density at radius 1 is 1.25 bits per heavy atom. The fourth-order valence-electron chi connectivity index (χ4n) is 2.98. The van der Waals surface area contributed by atoms with Gasteiger partial charge in [0.1, 0.15) is 11.6 Å². The minimum Gasteiger partial charge on any atom is -0.463 e. The van der Waals surface area contributed by atoms with Crippen molar-refractivity contribution in [3.63, 3.8) is 0 Å². The maximum Gasteiger partial charge on any atom is 0.346 e. The molecule has 3 aromatic rings. The lowest BCUT2D eigenvalue weighted by atomic mass is 10.1. The van der Waals surface area contributed by atoms with Crippen molar-refractivity contribution in [1.29, 1.82) is 0 Å². The highest BCUT2D eigenvalue weighted by Gasteiger charge is 2.23. The highest BCUT2D eigenvalue weighted by molar-refractivity contribution is 9.09. The minimum atomic E-state index is -0.636. The van der Waals surface area contributed by atoms with Gasteiger partial charge in [0, 0.05) is 16.4 Å². The molecular weight excluding hydrogens is 448 g/mol. The van der Waals surface area contributed by atoms with Gasteiger partial charge in [-0.3, -0.25) is 4.90 Å². The molecule has 0 aliphatic carbocycles. The van der Waals surface area contributed by atoms with Crippen LogP contribution in [-0.4, -0.2) is 18.0 Å². The van der Waals surface area contributed by atoms with Gasteiger partial charge in [0.25, 0.3) is 0 Å². The first-order chi connectivity index (χ1) is 13.4. The Kier molecular flexibility index (Phi) is 6.26. The van der Waals surface area contributed by atoms with Crippen LogP contribution in [0.25, 0.3) is 10.8 Å². The van der Waals surface area contributed by atoms with E-state index in [4.69, 9.17) is 26.5 Å². The molecule has 2 amide bonds. The molecule has 28 heavy (non-hydrogen) atoms. The molecule has 0 aliphatic heterocycles. The van der Waals surface area contributed by atoms with Crippen molar-refractivity contribution in [1.82, 2.24) is 0 Å². The number of amides is 2. The Morgan fingerprint density at radius 2 is 1.96 bits per heavy atom. The smallest absolute Gasteiger partial charge is 0.346 e. The Hall–Kier alpha value is -2.51. The predicted octanol–water partition coefficient (Wildman–Crippen LogP) is 4.87. The van der Waals surface area contributed by atoms with E-state index in [-0.39, 0.29) is 22.4 Å². The molecule has 0 saturated heterocycles. The lowest BCUT2D eigenvalue weighted by Crippen LogP contribution is -2.37. The molecule has 0 aliphatic rings. The second-order valence-electron chi connectivity index (χ2n) is 6.05. The van der Waals surface area contributed by atoms with Crippen molar-refractivity contribution < 1.29 is 13.9 Å². The molecule has 1 heterocycles. The Balaban J connectivity index is 2.08. The van der Waals surface area contributed by atoms with Crippen LogP contribution in [-0.2, 0) is 0 Å². The number of nitrogens with zero attached hydrogens (tertiary/aromatic N) is 1. The van der Waals surface area contributed by atoms with Crippen LogP contribution in [0, 0.1) is 0 Å². The number of hydrogen-bond donors (Lipinski definition) is 1. The number of fused-ring (bicyclic) bond motifs is 1. The second kappa shape index (κ2) is 8.67. The molecule has 1 atom stereocenters. The monoisotopic (exact) mass is 464 g/mol. The summed E-state index contributed by atoms with van der Waals surface area (Å²) in [6, 6.07) is 13.4. The molecule has 6 nitrogen and oxygen atoms in total. The van der Waals surface area contributed by atoms with Gasteiger partial charge in [-0.1, -0.05) is 63.9 Å². The molecule has 0 radical (unpaired) electrons. The molecule has 2 N–H and O–H groups in total.